The van der Waals surface area contributed by atoms with E-state index in [1.165, 1.54) is 0 Å². The van der Waals surface area contributed by atoms with Crippen LogP contribution in [0.15, 0.2) is 59.1 Å². The molecule has 0 fully saturated rings. The second-order valence-electron chi connectivity index (χ2n) is 4.65. The molecule has 3 N–H and O–H groups in total. The van der Waals surface area contributed by atoms with E-state index in [9.17, 15) is 4.79 Å². The van der Waals surface area contributed by atoms with Crippen LogP contribution in [-0.2, 0) is 4.79 Å². The van der Waals surface area contributed by atoms with E-state index in [1.54, 1.807) is 0 Å². The minimum Gasteiger partial charge on any atom is -0.306 e. The summed E-state index contributed by atoms with van der Waals surface area (Å²) in [6.45, 7) is 6.87. The maximum absolute atomic E-state index is 11.9. The molecule has 0 saturated carbocycles. The molecule has 0 aromatic heterocycles. The third-order valence-electron chi connectivity index (χ3n) is 3.28. The Labute approximate surface area is 119 Å². The lowest BCUT2D eigenvalue weighted by Crippen LogP contribution is -2.36. The van der Waals surface area contributed by atoms with Gasteiger partial charge < -0.3 is 11.1 Å². The van der Waals surface area contributed by atoms with E-state index in [0.29, 0.717) is 12.3 Å². The van der Waals surface area contributed by atoms with E-state index in [1.807, 2.05) is 43.3 Å². The first-order valence-electron chi connectivity index (χ1n) is 6.60. The van der Waals surface area contributed by atoms with Crippen LogP contribution >= 0.6 is 0 Å². The molecule has 0 unspecified atom stereocenters. The van der Waals surface area contributed by atoms with Gasteiger partial charge >= 0.3 is 0 Å². The normalized spacial score (nSPS) is 25.6. The van der Waals surface area contributed by atoms with Crippen LogP contribution < -0.4 is 11.1 Å². The third kappa shape index (κ3) is 3.10. The molecule has 4 heteroatoms. The number of nitrogens with two attached hydrogens (primary N) is 1. The Bertz CT molecular complexity index is 573. The number of Topliss-reactive ketones (excluding diaryl/α,β-unsaturated/α-hetero) is 1. The van der Waals surface area contributed by atoms with E-state index in [-0.39, 0.29) is 12.3 Å². The first-order chi connectivity index (χ1) is 9.63. The molecule has 0 saturated heterocycles. The summed E-state index contributed by atoms with van der Waals surface area (Å²) < 4.78 is 0. The van der Waals surface area contributed by atoms with Crippen LogP contribution in [0.2, 0.25) is 0 Å². The van der Waals surface area contributed by atoms with Gasteiger partial charge in [-0.25, -0.2) is 0 Å². The summed E-state index contributed by atoms with van der Waals surface area (Å²) in [5, 5.41) is 3.08. The molecule has 1 aliphatic rings. The highest BCUT2D eigenvalue weighted by atomic mass is 16.1. The predicted molar refractivity (Wildman–Crippen MR) is 81.7 cm³/mol. The monoisotopic (exact) mass is 269 g/mol. The zero-order valence-corrected chi connectivity index (χ0v) is 11.6. The quantitative estimate of drug-likeness (QED) is 0.810. The third-order valence-corrected chi connectivity index (χ3v) is 3.28. The lowest BCUT2D eigenvalue weighted by molar-refractivity contribution is -0.119. The fourth-order valence-electron chi connectivity index (χ4n) is 2.09. The average molecular weight is 269 g/mol. The Hall–Kier alpha value is -2.04. The molecular formula is C16H19N3O. The molecule has 1 atom stereocenters. The minimum atomic E-state index is -0.856. The molecule has 1 heterocycles. The van der Waals surface area contributed by atoms with Gasteiger partial charge in [-0.1, -0.05) is 43.0 Å². The van der Waals surface area contributed by atoms with Crippen molar-refractivity contribution < 1.29 is 4.79 Å². The van der Waals surface area contributed by atoms with Gasteiger partial charge in [0, 0.05) is 12.1 Å². The van der Waals surface area contributed by atoms with Crippen LogP contribution in [0.1, 0.15) is 12.5 Å². The number of carbonyl (C=O) groups excluding carboxylic acids is 1. The predicted octanol–water partition coefficient (Wildman–Crippen LogP) is 1.44. The second-order valence-corrected chi connectivity index (χ2v) is 4.65. The minimum absolute atomic E-state index is 0.122. The van der Waals surface area contributed by atoms with Crippen LogP contribution in [0.4, 0.5) is 0 Å². The molecule has 1 aromatic carbocycles. The topological polar surface area (TPSA) is 67.5 Å². The zero-order chi connectivity index (χ0) is 14.5. The van der Waals surface area contributed by atoms with Gasteiger partial charge in [0.05, 0.1) is 12.3 Å². The highest BCUT2D eigenvalue weighted by Gasteiger charge is 2.19. The smallest absolute Gasteiger partial charge is 0.185 e. The first kappa shape index (κ1) is 14.4. The van der Waals surface area contributed by atoms with Gasteiger partial charge in [-0.2, -0.15) is 0 Å². The Balaban J connectivity index is 2.50. The molecular weight excluding hydrogens is 250 g/mol. The Kier molecular flexibility index (Phi) is 4.61. The van der Waals surface area contributed by atoms with Crippen molar-refractivity contribution in [2.24, 2.45) is 10.7 Å². The van der Waals surface area contributed by atoms with Crippen LogP contribution in [-0.4, -0.2) is 30.8 Å². The van der Waals surface area contributed by atoms with Gasteiger partial charge in [0.1, 0.15) is 0 Å². The molecule has 0 aliphatic carbocycles. The van der Waals surface area contributed by atoms with Crippen molar-refractivity contribution in [2.45, 2.75) is 13.1 Å². The molecule has 4 nitrogen and oxygen atoms in total. The largest absolute Gasteiger partial charge is 0.306 e. The lowest BCUT2D eigenvalue weighted by Gasteiger charge is -2.13. The lowest BCUT2D eigenvalue weighted by atomic mass is 9.97. The molecule has 1 aromatic rings. The fourth-order valence-corrected chi connectivity index (χ4v) is 2.09. The molecule has 0 bridgehead atoms. The number of nitrogens with zero attached hydrogens (tertiary/aromatic N) is 1. The van der Waals surface area contributed by atoms with Gasteiger partial charge in [-0.3, -0.25) is 9.79 Å². The van der Waals surface area contributed by atoms with Crippen LogP contribution in [0.5, 0.6) is 0 Å². The van der Waals surface area contributed by atoms with Crippen molar-refractivity contribution in [2.75, 3.05) is 13.1 Å². The number of ketones is 1. The van der Waals surface area contributed by atoms with Crippen LogP contribution in [0.3, 0.4) is 0 Å². The number of hydrogen-bond acceptors (Lipinski definition) is 4. The van der Waals surface area contributed by atoms with Gasteiger partial charge in [0.2, 0.25) is 0 Å². The summed E-state index contributed by atoms with van der Waals surface area (Å²) in [5.41, 5.74) is 9.28. The Morgan fingerprint density at radius 1 is 1.35 bits per heavy atom. The van der Waals surface area contributed by atoms with Crippen molar-refractivity contribution in [1.82, 2.24) is 5.32 Å². The van der Waals surface area contributed by atoms with Crippen molar-refractivity contribution in [3.63, 3.8) is 0 Å². The molecule has 0 radical (unpaired) electrons. The zero-order valence-electron chi connectivity index (χ0n) is 11.6. The van der Waals surface area contributed by atoms with Crippen LogP contribution in [0, 0.1) is 0 Å². The van der Waals surface area contributed by atoms with E-state index < -0.39 is 6.17 Å². The first-order valence-corrected chi connectivity index (χ1v) is 6.60. The Morgan fingerprint density at radius 2 is 2.05 bits per heavy atom. The molecule has 0 spiro atoms. The van der Waals surface area contributed by atoms with Crippen LogP contribution in [0.25, 0.3) is 0 Å². The van der Waals surface area contributed by atoms with Crippen molar-refractivity contribution in [3.8, 4) is 0 Å². The summed E-state index contributed by atoms with van der Waals surface area (Å²) in [6.07, 6.45) is 1.13. The van der Waals surface area contributed by atoms with Gasteiger partial charge in [0.15, 0.2) is 11.9 Å². The van der Waals surface area contributed by atoms with E-state index >= 15 is 0 Å². The summed E-state index contributed by atoms with van der Waals surface area (Å²) in [7, 11) is 0. The SMILES string of the molecule is C=C1/C(c2ccccc2)=N\[C@H](N)C(=O)CNC/C1=C/C. The maximum Gasteiger partial charge on any atom is 0.185 e. The number of hydrogen-bond donors (Lipinski definition) is 2. The highest BCUT2D eigenvalue weighted by molar-refractivity contribution is 6.15. The fraction of sp³-hybridized carbons (Fsp3) is 0.250. The second kappa shape index (κ2) is 6.41. The summed E-state index contributed by atoms with van der Waals surface area (Å²) >= 11 is 0. The summed E-state index contributed by atoms with van der Waals surface area (Å²) in [4.78, 5) is 16.2. The Morgan fingerprint density at radius 3 is 2.70 bits per heavy atom. The van der Waals surface area contributed by atoms with Gasteiger partial charge in [-0.05, 0) is 18.1 Å². The number of benzene rings is 1. The number of aliphatic imine (C=N–C) groups is 1. The maximum atomic E-state index is 11.9. The van der Waals surface area contributed by atoms with E-state index in [0.717, 1.165) is 16.7 Å². The van der Waals surface area contributed by atoms with Crippen molar-refractivity contribution in [3.05, 3.63) is 59.7 Å². The standard InChI is InChI=1S/C16H19N3O/c1-3-12-9-18-10-14(20)16(17)19-15(11(12)2)13-7-5-4-6-8-13/h3-8,16,18H,2,9-10,17H2,1H3/b12-3-,19-15+/t16-/m0/s1. The average Bonchev–Trinajstić information content (AvgIpc) is 2.52. The number of allylic oxidation sites excluding steroid dienone is 1. The van der Waals surface area contributed by atoms with Crippen molar-refractivity contribution >= 4 is 11.5 Å². The number of rotatable bonds is 1. The van der Waals surface area contributed by atoms with E-state index in [4.69, 9.17) is 5.73 Å². The molecule has 1 aliphatic heterocycles. The van der Waals surface area contributed by atoms with E-state index in [2.05, 4.69) is 16.9 Å². The molecule has 20 heavy (non-hydrogen) atoms. The van der Waals surface area contributed by atoms with Gasteiger partial charge in [0.25, 0.3) is 0 Å². The number of nitrogens with one attached hydrogen (secondary N) is 1. The van der Waals surface area contributed by atoms with Crippen molar-refractivity contribution in [1.29, 1.82) is 0 Å². The molecule has 104 valence electrons. The molecule has 0 amide bonds. The summed E-state index contributed by atoms with van der Waals surface area (Å²) in [5.74, 6) is -0.122. The summed E-state index contributed by atoms with van der Waals surface area (Å²) in [6, 6.07) is 9.68. The molecule has 2 rings (SSSR count). The number of carbonyl (C=O) groups is 1. The van der Waals surface area contributed by atoms with Gasteiger partial charge in [-0.15, -0.1) is 0 Å². The highest BCUT2D eigenvalue weighted by Crippen LogP contribution is 2.17.